The maximum Gasteiger partial charge on any atom is 0.407 e. The average molecular weight is 1060 g/mol. The third-order valence-corrected chi connectivity index (χ3v) is 15.7. The summed E-state index contributed by atoms with van der Waals surface area (Å²) in [5, 5.41) is 26.9. The van der Waals surface area contributed by atoms with Gasteiger partial charge in [-0.25, -0.2) is 9.59 Å². The SMILES string of the molecule is CC(C)C[C@@H](/C=C/[C@H](Cc1ccccc1)C(=O)N1CCC[C@H]1C(=O)N[C@H](C(=O)N[C@@H](CCCNC(=O)OCc1ccccc1)C(=O)NC1CC(C)(C)N(O)C(C)(C)C1)C(C)C)NC(=O)OCCS(=O)CC1(C)COC1. The molecule has 0 aromatic heterocycles. The van der Waals surface area contributed by atoms with Gasteiger partial charge in [0.15, 0.2) is 0 Å². The van der Waals surface area contributed by atoms with Gasteiger partial charge in [0, 0.05) is 52.2 Å². The molecule has 2 aromatic rings. The van der Waals surface area contributed by atoms with Crippen LogP contribution < -0.4 is 26.6 Å². The third kappa shape index (κ3) is 19.0. The zero-order valence-corrected chi connectivity index (χ0v) is 46.5. The number of ether oxygens (including phenoxy) is 3. The van der Waals surface area contributed by atoms with Crippen molar-refractivity contribution in [1.82, 2.24) is 36.5 Å². The summed E-state index contributed by atoms with van der Waals surface area (Å²) in [6, 6.07) is 15.0. The molecule has 0 saturated carbocycles. The molecule has 75 heavy (non-hydrogen) atoms. The first kappa shape index (κ1) is 60.5. The zero-order chi connectivity index (χ0) is 54.9. The number of likely N-dealkylation sites (tertiary alicyclic amines) is 1. The highest BCUT2D eigenvalue weighted by Gasteiger charge is 2.46. The third-order valence-electron chi connectivity index (χ3n) is 14.0. The number of hydrogen-bond acceptors (Lipinski definition) is 12. The van der Waals surface area contributed by atoms with Crippen LogP contribution >= 0.6 is 0 Å². The number of benzene rings is 2. The number of nitrogens with zero attached hydrogens (tertiary/aromatic N) is 2. The Hall–Kier alpha value is -5.37. The lowest BCUT2D eigenvalue weighted by atomic mass is 9.79. The van der Waals surface area contributed by atoms with Crippen LogP contribution in [0, 0.1) is 23.2 Å². The highest BCUT2D eigenvalue weighted by atomic mass is 32.2. The second kappa shape index (κ2) is 28.1. The Bertz CT molecular complexity index is 2240. The van der Waals surface area contributed by atoms with Gasteiger partial charge in [-0.1, -0.05) is 107 Å². The molecule has 18 nitrogen and oxygen atoms in total. The van der Waals surface area contributed by atoms with Gasteiger partial charge < -0.3 is 50.9 Å². The highest BCUT2D eigenvalue weighted by Crippen LogP contribution is 2.37. The summed E-state index contributed by atoms with van der Waals surface area (Å²) in [7, 11) is -1.17. The van der Waals surface area contributed by atoms with Gasteiger partial charge in [-0.05, 0) is 102 Å². The van der Waals surface area contributed by atoms with E-state index < -0.39 is 87.8 Å². The van der Waals surface area contributed by atoms with Crippen LogP contribution in [-0.2, 0) is 57.2 Å². The van der Waals surface area contributed by atoms with E-state index >= 15 is 0 Å². The Morgan fingerprint density at radius 1 is 0.827 bits per heavy atom. The molecule has 3 saturated heterocycles. The molecule has 1 unspecified atom stereocenters. The number of rotatable bonds is 26. The summed E-state index contributed by atoms with van der Waals surface area (Å²) in [6.07, 6.45) is 5.50. The predicted molar refractivity (Wildman–Crippen MR) is 288 cm³/mol. The molecule has 6 N–H and O–H groups in total. The number of hydrogen-bond donors (Lipinski definition) is 6. The fourth-order valence-corrected chi connectivity index (χ4v) is 11.6. The predicted octanol–water partition coefficient (Wildman–Crippen LogP) is 6.18. The van der Waals surface area contributed by atoms with Crippen LogP contribution in [0.15, 0.2) is 72.8 Å². The maximum atomic E-state index is 14.7. The largest absolute Gasteiger partial charge is 0.449 e. The lowest BCUT2D eigenvalue weighted by Crippen LogP contribution is -2.64. The van der Waals surface area contributed by atoms with E-state index in [2.05, 4.69) is 26.6 Å². The van der Waals surface area contributed by atoms with Crippen LogP contribution in [0.25, 0.3) is 0 Å². The molecule has 3 aliphatic rings. The van der Waals surface area contributed by atoms with Gasteiger partial charge in [0.2, 0.25) is 23.6 Å². The van der Waals surface area contributed by atoms with Crippen LogP contribution in [0.1, 0.15) is 118 Å². The van der Waals surface area contributed by atoms with Crippen molar-refractivity contribution in [2.24, 2.45) is 23.2 Å². The topological polar surface area (TPSA) is 234 Å². The van der Waals surface area contributed by atoms with E-state index in [9.17, 15) is 38.2 Å². The van der Waals surface area contributed by atoms with Gasteiger partial charge in [0.25, 0.3) is 0 Å². The number of nitrogens with one attached hydrogen (secondary N) is 5. The molecule has 3 heterocycles. The Balaban J connectivity index is 1.26. The second-order valence-corrected chi connectivity index (χ2v) is 24.5. The molecule has 0 radical (unpaired) electrons. The van der Waals surface area contributed by atoms with Crippen molar-refractivity contribution in [2.75, 3.05) is 44.4 Å². The Labute approximate surface area is 447 Å². The number of hydroxylamine groups is 2. The normalized spacial score (nSPS) is 20.3. The quantitative estimate of drug-likeness (QED) is 0.0458. The minimum absolute atomic E-state index is 0.00756. The molecule has 6 amide bonds. The summed E-state index contributed by atoms with van der Waals surface area (Å²) in [4.78, 5) is 84.8. The summed E-state index contributed by atoms with van der Waals surface area (Å²) in [5.41, 5.74) is 0.317. The number of amides is 6. The van der Waals surface area contributed by atoms with Gasteiger partial charge in [-0.15, -0.1) is 0 Å². The molecular weight excluding hydrogens is 979 g/mol. The van der Waals surface area contributed by atoms with Gasteiger partial charge >= 0.3 is 12.2 Å². The monoisotopic (exact) mass is 1060 g/mol. The molecule has 0 aliphatic carbocycles. The van der Waals surface area contributed by atoms with Gasteiger partial charge in [-0.3, -0.25) is 23.4 Å². The molecule has 416 valence electrons. The van der Waals surface area contributed by atoms with Crippen molar-refractivity contribution in [1.29, 1.82) is 0 Å². The molecule has 0 bridgehead atoms. The molecule has 3 fully saturated rings. The fourth-order valence-electron chi connectivity index (χ4n) is 10.3. The minimum Gasteiger partial charge on any atom is -0.449 e. The van der Waals surface area contributed by atoms with Crippen molar-refractivity contribution < 1.29 is 52.4 Å². The van der Waals surface area contributed by atoms with Crippen molar-refractivity contribution in [2.45, 2.75) is 162 Å². The van der Waals surface area contributed by atoms with E-state index in [1.807, 2.05) is 115 Å². The highest BCUT2D eigenvalue weighted by molar-refractivity contribution is 7.85. The number of carbonyl (C=O) groups excluding carboxylic acids is 6. The Morgan fingerprint density at radius 2 is 1.47 bits per heavy atom. The smallest absolute Gasteiger partial charge is 0.407 e. The van der Waals surface area contributed by atoms with Crippen LogP contribution in [-0.4, -0.2) is 141 Å². The second-order valence-electron chi connectivity index (χ2n) is 23.0. The Kier molecular flexibility index (Phi) is 22.7. The van der Waals surface area contributed by atoms with Crippen molar-refractivity contribution in [3.63, 3.8) is 0 Å². The van der Waals surface area contributed by atoms with E-state index in [0.717, 1.165) is 11.1 Å². The van der Waals surface area contributed by atoms with Crippen LogP contribution in [0.4, 0.5) is 9.59 Å². The van der Waals surface area contributed by atoms with Gasteiger partial charge in [-0.2, -0.15) is 5.06 Å². The lowest BCUT2D eigenvalue weighted by Gasteiger charge is -2.51. The molecular formula is C56H85N7O11S. The van der Waals surface area contributed by atoms with Crippen LogP contribution in [0.3, 0.4) is 0 Å². The standard InChI is InChI=1S/C56H85N7O11S/c1-38(2)30-43(59-53(69)73-28-29-75(71)37-56(9)35-72-36-56)25-24-42(31-40-18-12-10-13-19-40)51(67)62-27-17-23-46(62)49(65)61-47(39(3)4)50(66)60-45(22-16-26-57-52(68)74-34-41-20-14-11-15-21-41)48(64)58-44-32-54(5,6)63(70)55(7,8)33-44/h10-15,18-21,24-25,38-39,42-47,70H,16-17,22-23,26-37H2,1-9H3,(H,57,68)(H,58,64)(H,59,69)(H,60,66)(H,61,65)/b25-24+/t42-,43-,45+,46+,47+,75?/m1/s1. The van der Waals surface area contributed by atoms with Gasteiger partial charge in [0.1, 0.15) is 31.3 Å². The lowest BCUT2D eigenvalue weighted by molar-refractivity contribution is -0.246. The number of alkyl carbamates (subject to hydrolysis) is 2. The van der Waals surface area contributed by atoms with E-state index in [1.54, 1.807) is 24.8 Å². The molecule has 6 atom stereocenters. The molecule has 0 spiro atoms. The van der Waals surface area contributed by atoms with E-state index in [4.69, 9.17) is 14.2 Å². The minimum atomic E-state index is -1.17. The van der Waals surface area contributed by atoms with E-state index in [1.165, 1.54) is 5.06 Å². The number of carbonyl (C=O) groups is 6. The summed E-state index contributed by atoms with van der Waals surface area (Å²) < 4.78 is 28.7. The Morgan fingerprint density at radius 3 is 2.07 bits per heavy atom. The average Bonchev–Trinajstić information content (AvgIpc) is 3.84. The van der Waals surface area contributed by atoms with E-state index in [0.29, 0.717) is 70.5 Å². The molecule has 3 aliphatic heterocycles. The van der Waals surface area contributed by atoms with E-state index in [-0.39, 0.29) is 55.2 Å². The number of piperidine rings is 1. The summed E-state index contributed by atoms with van der Waals surface area (Å²) >= 11 is 0. The van der Waals surface area contributed by atoms with Crippen molar-refractivity contribution in [3.8, 4) is 0 Å². The maximum absolute atomic E-state index is 14.7. The molecule has 2 aromatic carbocycles. The first-order valence-corrected chi connectivity index (χ1v) is 28.2. The first-order valence-electron chi connectivity index (χ1n) is 26.7. The summed E-state index contributed by atoms with van der Waals surface area (Å²) in [6.45, 7) is 18.9. The fraction of sp³-hybridized carbons (Fsp3) is 0.643. The van der Waals surface area contributed by atoms with Crippen molar-refractivity contribution in [3.05, 3.63) is 83.9 Å². The molecule has 5 rings (SSSR count). The van der Waals surface area contributed by atoms with Crippen LogP contribution in [0.2, 0.25) is 0 Å². The van der Waals surface area contributed by atoms with Crippen molar-refractivity contribution >= 4 is 46.6 Å². The summed E-state index contributed by atoms with van der Waals surface area (Å²) in [5.74, 6) is -2.04. The van der Waals surface area contributed by atoms with Crippen LogP contribution in [0.5, 0.6) is 0 Å². The van der Waals surface area contributed by atoms with Gasteiger partial charge in [0.05, 0.1) is 30.9 Å². The molecule has 19 heteroatoms. The zero-order valence-electron chi connectivity index (χ0n) is 45.7. The first-order chi connectivity index (χ1) is 35.4.